The number of anilines is 2. The van der Waals surface area contributed by atoms with E-state index in [9.17, 15) is 9.59 Å². The number of aryl methyl sites for hydroxylation is 2. The number of ether oxygens (including phenoxy) is 2. The Morgan fingerprint density at radius 2 is 2.16 bits per heavy atom. The fraction of sp³-hybridized carbons (Fsp3) is 0.263. The molecule has 130 valence electrons. The number of hydrogen-bond donors (Lipinski definition) is 2. The third kappa shape index (κ3) is 4.09. The second kappa shape index (κ2) is 7.25. The smallest absolute Gasteiger partial charge is 0.262 e. The largest absolute Gasteiger partial charge is 0.497 e. The number of amides is 2. The van der Waals surface area contributed by atoms with Crippen LogP contribution in [0.1, 0.15) is 17.5 Å². The summed E-state index contributed by atoms with van der Waals surface area (Å²) in [6, 6.07) is 11.3. The molecule has 0 aromatic heterocycles. The molecule has 0 saturated carbocycles. The van der Waals surface area contributed by atoms with E-state index in [2.05, 4.69) is 10.6 Å². The monoisotopic (exact) mass is 340 g/mol. The van der Waals surface area contributed by atoms with Crippen LogP contribution in [0.2, 0.25) is 0 Å². The summed E-state index contributed by atoms with van der Waals surface area (Å²) in [4.78, 5) is 23.8. The van der Waals surface area contributed by atoms with Crippen molar-refractivity contribution in [3.63, 3.8) is 0 Å². The van der Waals surface area contributed by atoms with E-state index in [-0.39, 0.29) is 18.4 Å². The average Bonchev–Trinajstić information content (AvgIpc) is 2.59. The molecule has 0 atom stereocenters. The number of nitrogens with one attached hydrogen (secondary N) is 2. The molecule has 1 heterocycles. The SMILES string of the molecule is COc1cccc(CCC(=O)Nc2cc(C)cc3c2OCC(=O)N3)c1. The summed E-state index contributed by atoms with van der Waals surface area (Å²) in [5.74, 6) is 0.958. The van der Waals surface area contributed by atoms with Gasteiger partial charge in [0, 0.05) is 6.42 Å². The van der Waals surface area contributed by atoms with Crippen molar-refractivity contribution in [3.05, 3.63) is 47.5 Å². The van der Waals surface area contributed by atoms with Gasteiger partial charge in [0.2, 0.25) is 5.91 Å². The van der Waals surface area contributed by atoms with Crippen molar-refractivity contribution in [2.24, 2.45) is 0 Å². The number of carbonyl (C=O) groups is 2. The molecule has 0 aliphatic carbocycles. The first-order chi connectivity index (χ1) is 12.0. The van der Waals surface area contributed by atoms with Crippen molar-refractivity contribution in [1.82, 2.24) is 0 Å². The fourth-order valence-electron chi connectivity index (χ4n) is 2.74. The Bertz CT molecular complexity index is 817. The molecular weight excluding hydrogens is 320 g/mol. The highest BCUT2D eigenvalue weighted by Crippen LogP contribution is 2.37. The lowest BCUT2D eigenvalue weighted by Gasteiger charge is -2.21. The highest BCUT2D eigenvalue weighted by atomic mass is 16.5. The van der Waals surface area contributed by atoms with Gasteiger partial charge in [0.25, 0.3) is 5.91 Å². The Hall–Kier alpha value is -3.02. The van der Waals surface area contributed by atoms with E-state index in [0.717, 1.165) is 16.9 Å². The van der Waals surface area contributed by atoms with E-state index in [4.69, 9.17) is 9.47 Å². The number of benzene rings is 2. The minimum atomic E-state index is -0.201. The Kier molecular flexibility index (Phi) is 4.88. The summed E-state index contributed by atoms with van der Waals surface area (Å²) in [5, 5.41) is 5.63. The van der Waals surface area contributed by atoms with E-state index >= 15 is 0 Å². The second-order valence-electron chi connectivity index (χ2n) is 5.93. The Morgan fingerprint density at radius 1 is 1.32 bits per heavy atom. The van der Waals surface area contributed by atoms with Gasteiger partial charge in [0.1, 0.15) is 5.75 Å². The molecule has 6 heteroatoms. The molecule has 1 aliphatic heterocycles. The van der Waals surface area contributed by atoms with Crippen LogP contribution in [0.3, 0.4) is 0 Å². The third-order valence-corrected chi connectivity index (χ3v) is 3.90. The van der Waals surface area contributed by atoms with E-state index < -0.39 is 0 Å². The van der Waals surface area contributed by atoms with Crippen molar-refractivity contribution in [3.8, 4) is 11.5 Å². The van der Waals surface area contributed by atoms with Gasteiger partial charge in [-0.3, -0.25) is 9.59 Å². The first-order valence-corrected chi connectivity index (χ1v) is 8.05. The summed E-state index contributed by atoms with van der Waals surface area (Å²) in [6.45, 7) is 1.84. The molecule has 2 N–H and O–H groups in total. The van der Waals surface area contributed by atoms with Crippen molar-refractivity contribution in [2.45, 2.75) is 19.8 Å². The van der Waals surface area contributed by atoms with Crippen LogP contribution in [0.4, 0.5) is 11.4 Å². The van der Waals surface area contributed by atoms with E-state index in [1.807, 2.05) is 43.3 Å². The van der Waals surface area contributed by atoms with Crippen LogP contribution in [0.25, 0.3) is 0 Å². The number of carbonyl (C=O) groups excluding carboxylic acids is 2. The van der Waals surface area contributed by atoms with Gasteiger partial charge in [0.05, 0.1) is 18.5 Å². The lowest BCUT2D eigenvalue weighted by Crippen LogP contribution is -2.26. The second-order valence-corrected chi connectivity index (χ2v) is 5.93. The van der Waals surface area contributed by atoms with Crippen LogP contribution in [-0.4, -0.2) is 25.5 Å². The number of methoxy groups -OCH3 is 1. The van der Waals surface area contributed by atoms with Gasteiger partial charge in [0.15, 0.2) is 12.4 Å². The zero-order valence-corrected chi connectivity index (χ0v) is 14.2. The van der Waals surface area contributed by atoms with Crippen LogP contribution in [0.5, 0.6) is 11.5 Å². The summed E-state index contributed by atoms with van der Waals surface area (Å²) in [5.41, 5.74) is 3.11. The molecule has 0 unspecified atom stereocenters. The van der Waals surface area contributed by atoms with Gasteiger partial charge in [-0.05, 0) is 48.7 Å². The molecule has 2 aromatic carbocycles. The predicted octanol–water partition coefficient (Wildman–Crippen LogP) is 2.91. The lowest BCUT2D eigenvalue weighted by molar-refractivity contribution is -0.118. The van der Waals surface area contributed by atoms with Gasteiger partial charge in [-0.15, -0.1) is 0 Å². The third-order valence-electron chi connectivity index (χ3n) is 3.90. The number of fused-ring (bicyclic) bond motifs is 1. The average molecular weight is 340 g/mol. The first kappa shape index (κ1) is 16.8. The van der Waals surface area contributed by atoms with Gasteiger partial charge in [-0.2, -0.15) is 0 Å². The molecule has 6 nitrogen and oxygen atoms in total. The van der Waals surface area contributed by atoms with Gasteiger partial charge in [-0.1, -0.05) is 12.1 Å². The number of hydrogen-bond acceptors (Lipinski definition) is 4. The maximum atomic E-state index is 12.3. The molecule has 0 spiro atoms. The molecule has 2 amide bonds. The lowest BCUT2D eigenvalue weighted by atomic mass is 10.1. The molecule has 0 saturated heterocycles. The van der Waals surface area contributed by atoms with Crippen LogP contribution in [0, 0.1) is 6.92 Å². The van der Waals surface area contributed by atoms with Crippen LogP contribution < -0.4 is 20.1 Å². The molecule has 1 aliphatic rings. The normalized spacial score (nSPS) is 12.6. The topological polar surface area (TPSA) is 76.7 Å². The van der Waals surface area contributed by atoms with Gasteiger partial charge < -0.3 is 20.1 Å². The van der Waals surface area contributed by atoms with E-state index in [0.29, 0.717) is 30.0 Å². The highest BCUT2D eigenvalue weighted by molar-refractivity contribution is 6.00. The summed E-state index contributed by atoms with van der Waals surface area (Å²) in [6.07, 6.45) is 0.941. The Balaban J connectivity index is 1.68. The maximum absolute atomic E-state index is 12.3. The highest BCUT2D eigenvalue weighted by Gasteiger charge is 2.20. The molecule has 0 bridgehead atoms. The number of rotatable bonds is 5. The molecule has 0 fully saturated rings. The fourth-order valence-corrected chi connectivity index (χ4v) is 2.74. The quantitative estimate of drug-likeness (QED) is 0.877. The maximum Gasteiger partial charge on any atom is 0.262 e. The van der Waals surface area contributed by atoms with E-state index in [1.165, 1.54) is 0 Å². The summed E-state index contributed by atoms with van der Waals surface area (Å²) < 4.78 is 10.7. The first-order valence-electron chi connectivity index (χ1n) is 8.05. The van der Waals surface area contributed by atoms with E-state index in [1.54, 1.807) is 7.11 Å². The van der Waals surface area contributed by atoms with Crippen LogP contribution >= 0.6 is 0 Å². The molecular formula is C19H20N2O4. The summed E-state index contributed by atoms with van der Waals surface area (Å²) in [7, 11) is 1.62. The predicted molar refractivity (Wildman–Crippen MR) is 95.2 cm³/mol. The minimum absolute atomic E-state index is 0.0528. The Morgan fingerprint density at radius 3 is 2.96 bits per heavy atom. The minimum Gasteiger partial charge on any atom is -0.497 e. The standard InChI is InChI=1S/C19H20N2O4/c1-12-8-15(19-16(9-12)21-18(23)11-25-19)20-17(22)7-6-13-4-3-5-14(10-13)24-2/h3-5,8-10H,6-7,11H2,1-2H3,(H,20,22)(H,21,23). The molecule has 2 aromatic rings. The van der Waals surface area contributed by atoms with Crippen molar-refractivity contribution in [1.29, 1.82) is 0 Å². The van der Waals surface area contributed by atoms with Gasteiger partial charge >= 0.3 is 0 Å². The van der Waals surface area contributed by atoms with Gasteiger partial charge in [-0.25, -0.2) is 0 Å². The Labute approximate surface area is 146 Å². The summed E-state index contributed by atoms with van der Waals surface area (Å²) >= 11 is 0. The van der Waals surface area contributed by atoms with Crippen molar-refractivity contribution >= 4 is 23.2 Å². The van der Waals surface area contributed by atoms with Crippen molar-refractivity contribution < 1.29 is 19.1 Å². The van der Waals surface area contributed by atoms with Crippen molar-refractivity contribution in [2.75, 3.05) is 24.4 Å². The molecule has 25 heavy (non-hydrogen) atoms. The molecule has 3 rings (SSSR count). The zero-order valence-electron chi connectivity index (χ0n) is 14.2. The molecule has 0 radical (unpaired) electrons. The zero-order chi connectivity index (χ0) is 17.8. The van der Waals surface area contributed by atoms with Crippen LogP contribution in [-0.2, 0) is 16.0 Å². The van der Waals surface area contributed by atoms with Crippen LogP contribution in [0.15, 0.2) is 36.4 Å².